The molecule has 7 nitrogen and oxygen atoms in total. The normalized spacial score (nSPS) is 19.1. The van der Waals surface area contributed by atoms with Gasteiger partial charge in [-0.3, -0.25) is 4.79 Å². The number of esters is 1. The summed E-state index contributed by atoms with van der Waals surface area (Å²) in [6.07, 6.45) is -0.501. The number of oxime groups is 1. The molecule has 0 saturated carbocycles. The molecule has 1 aromatic rings. The van der Waals surface area contributed by atoms with Crippen molar-refractivity contribution in [3.63, 3.8) is 0 Å². The number of hydrogen-bond acceptors (Lipinski definition) is 6. The summed E-state index contributed by atoms with van der Waals surface area (Å²) < 4.78 is 9.95. The van der Waals surface area contributed by atoms with E-state index in [9.17, 15) is 9.59 Å². The standard InChI is InChI=1S/C15H18N2O5/c1-20-14(18)12-8-17(9-13(12)16-21-2)15(19)22-10-11-6-4-3-5-7-11/h3-7,12H,8-10H2,1-2H3/b16-13-. The number of rotatable bonds is 4. The minimum Gasteiger partial charge on any atom is -0.468 e. The summed E-state index contributed by atoms with van der Waals surface area (Å²) in [5.41, 5.74) is 1.34. The van der Waals surface area contributed by atoms with Crippen LogP contribution in [-0.2, 0) is 25.7 Å². The zero-order chi connectivity index (χ0) is 15.9. The van der Waals surface area contributed by atoms with Crippen LogP contribution in [0, 0.1) is 5.92 Å². The van der Waals surface area contributed by atoms with Gasteiger partial charge in [-0.25, -0.2) is 4.79 Å². The molecule has 1 fully saturated rings. The SMILES string of the molecule is CO/N=C1/CN(C(=O)OCc2ccccc2)CC1C(=O)OC. The number of hydrogen-bond donors (Lipinski definition) is 0. The van der Waals surface area contributed by atoms with Crippen molar-refractivity contribution in [1.82, 2.24) is 4.90 Å². The molecule has 0 aromatic heterocycles. The van der Waals surface area contributed by atoms with Crippen molar-refractivity contribution >= 4 is 17.8 Å². The van der Waals surface area contributed by atoms with Gasteiger partial charge in [0, 0.05) is 6.54 Å². The maximum absolute atomic E-state index is 12.1. The highest BCUT2D eigenvalue weighted by Crippen LogP contribution is 2.17. The predicted molar refractivity (Wildman–Crippen MR) is 78.2 cm³/mol. The third-order valence-corrected chi connectivity index (χ3v) is 3.32. The molecule has 0 aliphatic carbocycles. The Bertz CT molecular complexity index is 558. The largest absolute Gasteiger partial charge is 0.468 e. The van der Waals surface area contributed by atoms with E-state index in [1.165, 1.54) is 19.1 Å². The van der Waals surface area contributed by atoms with Crippen molar-refractivity contribution in [2.24, 2.45) is 11.1 Å². The highest BCUT2D eigenvalue weighted by atomic mass is 16.6. The summed E-state index contributed by atoms with van der Waals surface area (Å²) in [6.45, 7) is 0.527. The van der Waals surface area contributed by atoms with Crippen LogP contribution < -0.4 is 0 Å². The molecule has 1 atom stereocenters. The first-order chi connectivity index (χ1) is 10.7. The van der Waals surface area contributed by atoms with Crippen molar-refractivity contribution in [3.8, 4) is 0 Å². The summed E-state index contributed by atoms with van der Waals surface area (Å²) >= 11 is 0. The Labute approximate surface area is 128 Å². The summed E-state index contributed by atoms with van der Waals surface area (Å²) in [6, 6.07) is 9.37. The highest BCUT2D eigenvalue weighted by molar-refractivity contribution is 6.06. The summed E-state index contributed by atoms with van der Waals surface area (Å²) in [5, 5.41) is 3.79. The van der Waals surface area contributed by atoms with E-state index in [4.69, 9.17) is 14.3 Å². The third kappa shape index (κ3) is 3.75. The molecule has 118 valence electrons. The first kappa shape index (κ1) is 15.8. The van der Waals surface area contributed by atoms with Crippen LogP contribution in [-0.4, -0.2) is 50.0 Å². The highest BCUT2D eigenvalue weighted by Gasteiger charge is 2.38. The molecule has 22 heavy (non-hydrogen) atoms. The first-order valence-corrected chi connectivity index (χ1v) is 6.79. The molecule has 0 bridgehead atoms. The minimum atomic E-state index is -0.616. The van der Waals surface area contributed by atoms with Crippen molar-refractivity contribution in [1.29, 1.82) is 0 Å². The molecule has 0 N–H and O–H groups in total. The van der Waals surface area contributed by atoms with Crippen LogP contribution in [0.25, 0.3) is 0 Å². The molecule has 1 aromatic carbocycles. The summed E-state index contributed by atoms with van der Waals surface area (Å²) in [4.78, 5) is 29.9. The van der Waals surface area contributed by atoms with E-state index in [-0.39, 0.29) is 19.7 Å². The van der Waals surface area contributed by atoms with Crippen LogP contribution in [0.4, 0.5) is 4.79 Å². The predicted octanol–water partition coefficient (Wildman–Crippen LogP) is 1.43. The number of benzene rings is 1. The Kier molecular flexibility index (Phi) is 5.35. The number of carbonyl (C=O) groups excluding carboxylic acids is 2. The number of likely N-dealkylation sites (tertiary alicyclic amines) is 1. The smallest absolute Gasteiger partial charge is 0.410 e. The Morgan fingerprint density at radius 2 is 2.00 bits per heavy atom. The van der Waals surface area contributed by atoms with E-state index in [1.54, 1.807) is 0 Å². The fourth-order valence-electron chi connectivity index (χ4n) is 2.21. The number of carbonyl (C=O) groups is 2. The summed E-state index contributed by atoms with van der Waals surface area (Å²) in [5.74, 6) is -1.07. The molecule has 7 heteroatoms. The van der Waals surface area contributed by atoms with Gasteiger partial charge in [-0.05, 0) is 5.56 Å². The van der Waals surface area contributed by atoms with Gasteiger partial charge in [0.1, 0.15) is 19.6 Å². The van der Waals surface area contributed by atoms with Gasteiger partial charge in [-0.2, -0.15) is 0 Å². The van der Waals surface area contributed by atoms with Gasteiger partial charge in [0.2, 0.25) is 0 Å². The number of amides is 1. The van der Waals surface area contributed by atoms with E-state index in [2.05, 4.69) is 5.16 Å². The Morgan fingerprint density at radius 1 is 1.27 bits per heavy atom. The van der Waals surface area contributed by atoms with Gasteiger partial charge < -0.3 is 19.2 Å². The van der Waals surface area contributed by atoms with Gasteiger partial charge in [-0.15, -0.1) is 0 Å². The van der Waals surface area contributed by atoms with Crippen molar-refractivity contribution in [3.05, 3.63) is 35.9 Å². The molecular weight excluding hydrogens is 288 g/mol. The van der Waals surface area contributed by atoms with Crippen LogP contribution in [0.2, 0.25) is 0 Å². The topological polar surface area (TPSA) is 77.4 Å². The van der Waals surface area contributed by atoms with Gasteiger partial charge >= 0.3 is 12.1 Å². The molecular formula is C15H18N2O5. The number of nitrogens with zero attached hydrogens (tertiary/aromatic N) is 2. The monoisotopic (exact) mass is 306 g/mol. The lowest BCUT2D eigenvalue weighted by Gasteiger charge is -2.15. The lowest BCUT2D eigenvalue weighted by Crippen LogP contribution is -2.30. The fraction of sp³-hybridized carbons (Fsp3) is 0.400. The average molecular weight is 306 g/mol. The van der Waals surface area contributed by atoms with E-state index in [0.29, 0.717) is 5.71 Å². The molecule has 1 amide bonds. The molecule has 1 aliphatic heterocycles. The molecule has 1 unspecified atom stereocenters. The minimum absolute atomic E-state index is 0.169. The second-order valence-corrected chi connectivity index (χ2v) is 4.76. The molecule has 1 aliphatic rings. The van der Waals surface area contributed by atoms with E-state index >= 15 is 0 Å². The third-order valence-electron chi connectivity index (χ3n) is 3.32. The Hall–Kier alpha value is -2.57. The van der Waals surface area contributed by atoms with Crippen LogP contribution >= 0.6 is 0 Å². The van der Waals surface area contributed by atoms with Crippen molar-refractivity contribution < 1.29 is 23.9 Å². The second-order valence-electron chi connectivity index (χ2n) is 4.76. The molecule has 1 heterocycles. The number of methoxy groups -OCH3 is 1. The fourth-order valence-corrected chi connectivity index (χ4v) is 2.21. The number of ether oxygens (including phenoxy) is 2. The van der Waals surface area contributed by atoms with E-state index < -0.39 is 18.0 Å². The lowest BCUT2D eigenvalue weighted by atomic mass is 10.1. The van der Waals surface area contributed by atoms with E-state index in [0.717, 1.165) is 5.56 Å². The van der Waals surface area contributed by atoms with Gasteiger partial charge in [0.15, 0.2) is 0 Å². The zero-order valence-electron chi connectivity index (χ0n) is 12.5. The maximum atomic E-state index is 12.1. The van der Waals surface area contributed by atoms with Gasteiger partial charge in [-0.1, -0.05) is 35.5 Å². The molecule has 2 rings (SSSR count). The summed E-state index contributed by atoms with van der Waals surface area (Å²) in [7, 11) is 2.68. The first-order valence-electron chi connectivity index (χ1n) is 6.79. The maximum Gasteiger partial charge on any atom is 0.410 e. The van der Waals surface area contributed by atoms with Crippen molar-refractivity contribution in [2.45, 2.75) is 6.61 Å². The molecule has 0 radical (unpaired) electrons. The second kappa shape index (κ2) is 7.44. The van der Waals surface area contributed by atoms with Gasteiger partial charge in [0.25, 0.3) is 0 Å². The van der Waals surface area contributed by atoms with Crippen molar-refractivity contribution in [2.75, 3.05) is 27.3 Å². The lowest BCUT2D eigenvalue weighted by molar-refractivity contribution is -0.142. The Morgan fingerprint density at radius 3 is 2.64 bits per heavy atom. The zero-order valence-corrected chi connectivity index (χ0v) is 12.5. The van der Waals surface area contributed by atoms with Crippen LogP contribution in [0.3, 0.4) is 0 Å². The van der Waals surface area contributed by atoms with E-state index in [1.807, 2.05) is 30.3 Å². The van der Waals surface area contributed by atoms with Gasteiger partial charge in [0.05, 0.1) is 19.4 Å². The van der Waals surface area contributed by atoms with Crippen LogP contribution in [0.15, 0.2) is 35.5 Å². The van der Waals surface area contributed by atoms with Crippen LogP contribution in [0.1, 0.15) is 5.56 Å². The molecule has 1 saturated heterocycles. The average Bonchev–Trinajstić information content (AvgIpc) is 2.97. The quantitative estimate of drug-likeness (QED) is 0.621. The Balaban J connectivity index is 1.96. The molecule has 0 spiro atoms. The van der Waals surface area contributed by atoms with Crippen LogP contribution in [0.5, 0.6) is 0 Å².